The van der Waals surface area contributed by atoms with Crippen LogP contribution in [-0.4, -0.2) is 0 Å². The number of benzene rings is 3. The number of thiophene rings is 2. The summed E-state index contributed by atoms with van der Waals surface area (Å²) in [6, 6.07) is 8.90. The van der Waals surface area contributed by atoms with Crippen LogP contribution >= 0.6 is 11.3 Å². The molecule has 0 aliphatic carbocycles. The third kappa shape index (κ3) is 0.330. The second-order valence-corrected chi connectivity index (χ2v) is 3.45. The number of hydrogen-bond acceptors (Lipinski definition) is 1. The summed E-state index contributed by atoms with van der Waals surface area (Å²) in [5, 5.41) is 2.81. The molecule has 2 heterocycles. The van der Waals surface area contributed by atoms with Crippen LogP contribution in [0.1, 0.15) is 0 Å². The minimum absolute atomic E-state index is 1.41. The molecule has 0 nitrogen and oxygen atoms in total. The normalized spacial score (nSPS) is 12.4. The molecule has 2 aromatic carbocycles. The van der Waals surface area contributed by atoms with Crippen molar-refractivity contribution in [2.45, 2.75) is 0 Å². The second kappa shape index (κ2) is 1.05. The zero-order chi connectivity index (χ0) is 5.84. The Morgan fingerprint density at radius 1 is 0.889 bits per heavy atom. The van der Waals surface area contributed by atoms with E-state index in [9.17, 15) is 0 Å². The molecule has 4 rings (SSSR count). The first-order valence-corrected chi connectivity index (χ1v) is 3.79. The van der Waals surface area contributed by atoms with Crippen molar-refractivity contribution in [3.05, 3.63) is 24.3 Å². The van der Waals surface area contributed by atoms with Gasteiger partial charge in [0.15, 0.2) is 0 Å². The lowest BCUT2D eigenvalue weighted by Crippen LogP contribution is -1.64. The predicted octanol–water partition coefficient (Wildman–Crippen LogP) is 2.93. The van der Waals surface area contributed by atoms with E-state index in [1.165, 1.54) is 20.2 Å². The molecule has 4 bridgehead atoms. The molecular formula is C8H4S. The van der Waals surface area contributed by atoms with Gasteiger partial charge in [0.25, 0.3) is 0 Å². The lowest BCUT2D eigenvalue weighted by molar-refractivity contribution is 1.93. The molecule has 1 heteroatoms. The van der Waals surface area contributed by atoms with Gasteiger partial charge in [-0.15, -0.1) is 11.3 Å². The third-order valence-electron chi connectivity index (χ3n) is 1.80. The summed E-state index contributed by atoms with van der Waals surface area (Å²) >= 11 is 1.90. The SMILES string of the molecule is c1cc2cc3sc2cc13. The van der Waals surface area contributed by atoms with Gasteiger partial charge in [-0.05, 0) is 22.9 Å². The van der Waals surface area contributed by atoms with E-state index < -0.39 is 0 Å². The lowest BCUT2D eigenvalue weighted by Gasteiger charge is -1.89. The molecule has 0 amide bonds. The van der Waals surface area contributed by atoms with Crippen molar-refractivity contribution >= 4 is 31.5 Å². The highest BCUT2D eigenvalue weighted by molar-refractivity contribution is 7.26. The van der Waals surface area contributed by atoms with Gasteiger partial charge >= 0.3 is 0 Å². The van der Waals surface area contributed by atoms with Gasteiger partial charge in [0, 0.05) is 9.40 Å². The van der Waals surface area contributed by atoms with Gasteiger partial charge in [-0.2, -0.15) is 0 Å². The summed E-state index contributed by atoms with van der Waals surface area (Å²) in [6.07, 6.45) is 0. The summed E-state index contributed by atoms with van der Waals surface area (Å²) in [6.45, 7) is 0. The van der Waals surface area contributed by atoms with Crippen molar-refractivity contribution in [2.24, 2.45) is 0 Å². The largest absolute Gasteiger partial charge is 0.135 e. The van der Waals surface area contributed by atoms with E-state index in [2.05, 4.69) is 24.3 Å². The standard InChI is InChI=1S/C8H4S/c1-2-6-4-7-5(1)3-8(6)9-7/h1-4H. The average Bonchev–Trinajstić information content (AvgIpc) is 2.40. The summed E-state index contributed by atoms with van der Waals surface area (Å²) < 4.78 is 2.89. The molecule has 42 valence electrons. The van der Waals surface area contributed by atoms with Crippen LogP contribution < -0.4 is 0 Å². The van der Waals surface area contributed by atoms with Crippen molar-refractivity contribution < 1.29 is 0 Å². The molecule has 0 spiro atoms. The quantitative estimate of drug-likeness (QED) is 0.441. The van der Waals surface area contributed by atoms with Gasteiger partial charge in [-0.25, -0.2) is 0 Å². The van der Waals surface area contributed by atoms with Crippen molar-refractivity contribution in [3.63, 3.8) is 0 Å². The van der Waals surface area contributed by atoms with Crippen molar-refractivity contribution in [1.29, 1.82) is 0 Å². The average molecular weight is 132 g/mol. The van der Waals surface area contributed by atoms with Crippen molar-refractivity contribution in [2.75, 3.05) is 0 Å². The Bertz CT molecular complexity index is 353. The van der Waals surface area contributed by atoms with Crippen LogP contribution in [0.4, 0.5) is 0 Å². The van der Waals surface area contributed by atoms with Gasteiger partial charge in [0.2, 0.25) is 0 Å². The minimum atomic E-state index is 1.41. The maximum absolute atomic E-state index is 2.26. The molecule has 0 N–H and O–H groups in total. The fourth-order valence-electron chi connectivity index (χ4n) is 1.33. The van der Waals surface area contributed by atoms with E-state index in [0.717, 1.165) is 0 Å². The molecule has 2 aromatic heterocycles. The van der Waals surface area contributed by atoms with E-state index in [4.69, 9.17) is 0 Å². The Morgan fingerprint density at radius 2 is 1.44 bits per heavy atom. The molecule has 9 heavy (non-hydrogen) atoms. The topological polar surface area (TPSA) is 0 Å². The van der Waals surface area contributed by atoms with Gasteiger partial charge in [-0.1, -0.05) is 12.1 Å². The summed E-state index contributed by atoms with van der Waals surface area (Å²) in [4.78, 5) is 0. The summed E-state index contributed by atoms with van der Waals surface area (Å²) in [7, 11) is 0. The maximum Gasteiger partial charge on any atom is 0.0355 e. The van der Waals surface area contributed by atoms with Crippen molar-refractivity contribution in [3.8, 4) is 0 Å². The molecule has 0 saturated heterocycles. The maximum atomic E-state index is 2.26. The fourth-order valence-corrected chi connectivity index (χ4v) is 2.43. The van der Waals surface area contributed by atoms with E-state index in [-0.39, 0.29) is 0 Å². The van der Waals surface area contributed by atoms with E-state index >= 15 is 0 Å². The van der Waals surface area contributed by atoms with E-state index in [0.29, 0.717) is 0 Å². The highest BCUT2D eigenvalue weighted by atomic mass is 32.1. The molecule has 0 unspecified atom stereocenters. The zero-order valence-electron chi connectivity index (χ0n) is 4.72. The molecule has 0 aliphatic heterocycles. The van der Waals surface area contributed by atoms with Crippen molar-refractivity contribution in [1.82, 2.24) is 0 Å². The van der Waals surface area contributed by atoms with Crippen LogP contribution in [0.15, 0.2) is 24.3 Å². The summed E-state index contributed by atoms with van der Waals surface area (Å²) in [5.41, 5.74) is 0. The monoisotopic (exact) mass is 132 g/mol. The first kappa shape index (κ1) is 4.07. The molecule has 0 fully saturated rings. The molecular weight excluding hydrogens is 128 g/mol. The number of rotatable bonds is 0. The Kier molecular flexibility index (Phi) is 0.474. The summed E-state index contributed by atoms with van der Waals surface area (Å²) in [5.74, 6) is 0. The Balaban J connectivity index is 3.02. The van der Waals surface area contributed by atoms with Gasteiger partial charge in [-0.3, -0.25) is 0 Å². The highest BCUT2D eigenvalue weighted by Gasteiger charge is 2.05. The second-order valence-electron chi connectivity index (χ2n) is 2.36. The molecule has 0 aliphatic rings. The van der Waals surface area contributed by atoms with Crippen LogP contribution in [0.5, 0.6) is 0 Å². The van der Waals surface area contributed by atoms with Crippen LogP contribution in [0.2, 0.25) is 0 Å². The Hall–Kier alpha value is -0.820. The highest BCUT2D eigenvalue weighted by Crippen LogP contribution is 2.36. The van der Waals surface area contributed by atoms with Gasteiger partial charge in [0.1, 0.15) is 0 Å². The van der Waals surface area contributed by atoms with Crippen LogP contribution in [-0.2, 0) is 0 Å². The molecule has 0 atom stereocenters. The third-order valence-corrected chi connectivity index (χ3v) is 2.95. The minimum Gasteiger partial charge on any atom is -0.135 e. The van der Waals surface area contributed by atoms with E-state index in [1.807, 2.05) is 11.3 Å². The first-order valence-electron chi connectivity index (χ1n) is 2.97. The Labute approximate surface area is 56.4 Å². The Morgan fingerprint density at radius 3 is 1.78 bits per heavy atom. The number of fused-ring (bicyclic) bond motifs is 1. The zero-order valence-corrected chi connectivity index (χ0v) is 5.53. The first-order chi connectivity index (χ1) is 4.43. The molecule has 0 radical (unpaired) electrons. The fraction of sp³-hybridized carbons (Fsp3) is 0. The van der Waals surface area contributed by atoms with E-state index in [1.54, 1.807) is 0 Å². The predicted molar refractivity (Wildman–Crippen MR) is 41.7 cm³/mol. The van der Waals surface area contributed by atoms with Crippen LogP contribution in [0, 0.1) is 0 Å². The van der Waals surface area contributed by atoms with Gasteiger partial charge in [0.05, 0.1) is 0 Å². The molecule has 0 saturated carbocycles. The van der Waals surface area contributed by atoms with Crippen LogP contribution in [0.3, 0.4) is 0 Å². The lowest BCUT2D eigenvalue weighted by atomic mass is 10.1. The van der Waals surface area contributed by atoms with Gasteiger partial charge < -0.3 is 0 Å². The smallest absolute Gasteiger partial charge is 0.0355 e. The van der Waals surface area contributed by atoms with Crippen LogP contribution in [0.25, 0.3) is 20.2 Å². The molecule has 4 aromatic rings. The number of hydrogen-bond donors (Lipinski definition) is 0.